The molecule has 0 radical (unpaired) electrons. The third-order valence-electron chi connectivity index (χ3n) is 7.12. The van der Waals surface area contributed by atoms with Gasteiger partial charge in [0.2, 0.25) is 11.8 Å². The van der Waals surface area contributed by atoms with E-state index in [-0.39, 0.29) is 23.9 Å². The van der Waals surface area contributed by atoms with Crippen LogP contribution in [0.5, 0.6) is 0 Å². The number of nitrogens with zero attached hydrogens (tertiary/aromatic N) is 2. The Bertz CT molecular complexity index is 1790. The Labute approximate surface area is 275 Å². The molecule has 0 aliphatic heterocycles. The highest BCUT2D eigenvalue weighted by molar-refractivity contribution is 7.92. The van der Waals surface area contributed by atoms with Crippen LogP contribution in [-0.4, -0.2) is 43.8 Å². The van der Waals surface area contributed by atoms with Gasteiger partial charge in [0.05, 0.1) is 21.2 Å². The van der Waals surface area contributed by atoms with Crippen molar-refractivity contribution in [3.63, 3.8) is 0 Å². The van der Waals surface area contributed by atoms with Crippen LogP contribution >= 0.6 is 11.6 Å². The summed E-state index contributed by atoms with van der Waals surface area (Å²) in [7, 11) is -4.63. The third kappa shape index (κ3) is 9.11. The van der Waals surface area contributed by atoms with Gasteiger partial charge in [-0.2, -0.15) is 13.2 Å². The van der Waals surface area contributed by atoms with Gasteiger partial charge in [-0.15, -0.1) is 0 Å². The Morgan fingerprint density at radius 2 is 1.45 bits per heavy atom. The molecule has 1 N–H and O–H groups in total. The maximum atomic E-state index is 14.4. The molecular formula is C34H32ClF4N3O4S. The number of rotatable bonds is 12. The molecule has 0 aliphatic rings. The number of halogens is 5. The third-order valence-corrected chi connectivity index (χ3v) is 9.24. The van der Waals surface area contributed by atoms with E-state index in [1.54, 1.807) is 50.2 Å². The van der Waals surface area contributed by atoms with Gasteiger partial charge < -0.3 is 10.2 Å². The molecule has 0 heterocycles. The minimum absolute atomic E-state index is 0.0247. The molecular weight excluding hydrogens is 658 g/mol. The molecule has 7 nitrogen and oxygen atoms in total. The first-order valence-corrected chi connectivity index (χ1v) is 16.3. The van der Waals surface area contributed by atoms with Crippen LogP contribution in [-0.2, 0) is 38.8 Å². The molecule has 248 valence electrons. The molecule has 0 unspecified atom stereocenters. The fourth-order valence-corrected chi connectivity index (χ4v) is 6.51. The van der Waals surface area contributed by atoms with Crippen molar-refractivity contribution < 1.29 is 35.6 Å². The minimum atomic E-state index is -4.93. The topological polar surface area (TPSA) is 86.8 Å². The summed E-state index contributed by atoms with van der Waals surface area (Å²) in [6, 6.07) is 22.0. The normalized spacial score (nSPS) is 12.4. The van der Waals surface area contributed by atoms with E-state index in [2.05, 4.69) is 5.32 Å². The van der Waals surface area contributed by atoms with E-state index in [0.717, 1.165) is 17.0 Å². The van der Waals surface area contributed by atoms with Crippen LogP contribution in [0.15, 0.2) is 108 Å². The summed E-state index contributed by atoms with van der Waals surface area (Å²) in [5, 5.41) is 2.14. The average Bonchev–Trinajstić information content (AvgIpc) is 3.02. The standard InChI is InChI=1S/C34H32ClF4N3O4S/c1-23(2)40-33(44)31(19-24-9-5-3-6-10-24)41(21-25-13-15-26(36)16-14-25)32(43)22-42(47(45,46)28-11-7-4-8-12-28)27-17-18-30(35)29(20-27)34(37,38)39/h3-18,20,23,31H,19,21-22H2,1-2H3,(H,40,44)/t31-/m1/s1. The summed E-state index contributed by atoms with van der Waals surface area (Å²) in [6.07, 6.45) is -4.90. The highest BCUT2D eigenvalue weighted by Crippen LogP contribution is 2.38. The Morgan fingerprint density at radius 3 is 2.02 bits per heavy atom. The molecule has 4 rings (SSSR count). The second-order valence-corrected chi connectivity index (χ2v) is 13.3. The molecule has 0 bridgehead atoms. The van der Waals surface area contributed by atoms with Gasteiger partial charge in [-0.25, -0.2) is 12.8 Å². The van der Waals surface area contributed by atoms with Crippen molar-refractivity contribution >= 4 is 39.1 Å². The number of anilines is 1. The Hall–Kier alpha value is -4.42. The molecule has 13 heteroatoms. The SMILES string of the molecule is CC(C)NC(=O)[C@@H](Cc1ccccc1)N(Cc1ccc(F)cc1)C(=O)CN(c1ccc(Cl)c(C(F)(F)F)c1)S(=O)(=O)c1ccccc1. The van der Waals surface area contributed by atoms with Crippen molar-refractivity contribution in [2.45, 2.75) is 50.0 Å². The lowest BCUT2D eigenvalue weighted by Gasteiger charge is -2.34. The summed E-state index contributed by atoms with van der Waals surface area (Å²) in [4.78, 5) is 28.9. The molecule has 4 aromatic rings. The highest BCUT2D eigenvalue weighted by Gasteiger charge is 2.37. The Morgan fingerprint density at radius 1 is 0.851 bits per heavy atom. The van der Waals surface area contributed by atoms with Crippen LogP contribution in [0.25, 0.3) is 0 Å². The lowest BCUT2D eigenvalue weighted by Crippen LogP contribution is -2.54. The average molecular weight is 690 g/mol. The first-order valence-electron chi connectivity index (χ1n) is 14.5. The summed E-state index contributed by atoms with van der Waals surface area (Å²) in [6.45, 7) is 2.25. The summed E-state index contributed by atoms with van der Waals surface area (Å²) in [5.74, 6) is -1.96. The monoisotopic (exact) mass is 689 g/mol. The number of amides is 2. The number of benzene rings is 4. The largest absolute Gasteiger partial charge is 0.417 e. The lowest BCUT2D eigenvalue weighted by atomic mass is 10.0. The molecule has 1 atom stereocenters. The predicted octanol–water partition coefficient (Wildman–Crippen LogP) is 6.86. The number of nitrogens with one attached hydrogen (secondary N) is 1. The van der Waals surface area contributed by atoms with E-state index >= 15 is 0 Å². The van der Waals surface area contributed by atoms with Crippen molar-refractivity contribution in [2.75, 3.05) is 10.8 Å². The molecule has 4 aromatic carbocycles. The Kier molecular flexibility index (Phi) is 11.3. The van der Waals surface area contributed by atoms with Crippen LogP contribution in [0, 0.1) is 5.82 Å². The van der Waals surface area contributed by atoms with Crippen molar-refractivity contribution in [1.29, 1.82) is 0 Å². The predicted molar refractivity (Wildman–Crippen MR) is 172 cm³/mol. The van der Waals surface area contributed by atoms with E-state index in [1.165, 1.54) is 48.5 Å². The van der Waals surface area contributed by atoms with Crippen molar-refractivity contribution in [3.05, 3.63) is 131 Å². The van der Waals surface area contributed by atoms with Gasteiger partial charge in [0.1, 0.15) is 18.4 Å². The lowest BCUT2D eigenvalue weighted by molar-refractivity contribution is -0.140. The van der Waals surface area contributed by atoms with E-state index < -0.39 is 62.7 Å². The van der Waals surface area contributed by atoms with Crippen molar-refractivity contribution in [2.24, 2.45) is 0 Å². The summed E-state index contributed by atoms with van der Waals surface area (Å²) in [5.41, 5.74) is -0.640. The van der Waals surface area contributed by atoms with Gasteiger partial charge in [0.25, 0.3) is 10.0 Å². The maximum absolute atomic E-state index is 14.4. The number of sulfonamides is 1. The molecule has 0 saturated heterocycles. The van der Waals surface area contributed by atoms with E-state index in [9.17, 15) is 35.6 Å². The number of hydrogen-bond donors (Lipinski definition) is 1. The summed E-state index contributed by atoms with van der Waals surface area (Å²) < 4.78 is 84.0. The van der Waals surface area contributed by atoms with Gasteiger partial charge in [-0.1, -0.05) is 72.3 Å². The van der Waals surface area contributed by atoms with Crippen LogP contribution < -0.4 is 9.62 Å². The van der Waals surface area contributed by atoms with Gasteiger partial charge >= 0.3 is 6.18 Å². The quantitative estimate of drug-likeness (QED) is 0.165. The smallest absolute Gasteiger partial charge is 0.352 e. The fraction of sp³-hybridized carbons (Fsp3) is 0.235. The van der Waals surface area contributed by atoms with Crippen molar-refractivity contribution in [1.82, 2.24) is 10.2 Å². The number of alkyl halides is 3. The molecule has 0 spiro atoms. The number of carbonyl (C=O) groups is 2. The molecule has 2 amide bonds. The maximum Gasteiger partial charge on any atom is 0.417 e. The molecule has 0 saturated carbocycles. The van der Waals surface area contributed by atoms with Gasteiger partial charge in [-0.3, -0.25) is 13.9 Å². The van der Waals surface area contributed by atoms with Crippen LogP contribution in [0.4, 0.5) is 23.2 Å². The molecule has 0 aliphatic carbocycles. The number of carbonyl (C=O) groups excluding carboxylic acids is 2. The first kappa shape index (κ1) is 35.4. The second-order valence-electron chi connectivity index (χ2n) is 11.0. The zero-order valence-electron chi connectivity index (χ0n) is 25.4. The molecule has 47 heavy (non-hydrogen) atoms. The van der Waals surface area contributed by atoms with Gasteiger partial charge in [0.15, 0.2) is 0 Å². The van der Waals surface area contributed by atoms with E-state index in [4.69, 9.17) is 11.6 Å². The fourth-order valence-electron chi connectivity index (χ4n) is 4.86. The van der Waals surface area contributed by atoms with E-state index in [1.807, 2.05) is 0 Å². The van der Waals surface area contributed by atoms with Crippen LogP contribution in [0.1, 0.15) is 30.5 Å². The Balaban J connectivity index is 1.85. The van der Waals surface area contributed by atoms with Gasteiger partial charge in [0, 0.05) is 19.0 Å². The minimum Gasteiger partial charge on any atom is -0.352 e. The first-order chi connectivity index (χ1) is 22.2. The zero-order valence-corrected chi connectivity index (χ0v) is 27.0. The van der Waals surface area contributed by atoms with Crippen LogP contribution in [0.2, 0.25) is 5.02 Å². The summed E-state index contributed by atoms with van der Waals surface area (Å²) >= 11 is 5.83. The van der Waals surface area contributed by atoms with Gasteiger partial charge in [-0.05, 0) is 67.4 Å². The zero-order chi connectivity index (χ0) is 34.4. The van der Waals surface area contributed by atoms with Crippen molar-refractivity contribution in [3.8, 4) is 0 Å². The molecule has 0 aromatic heterocycles. The van der Waals surface area contributed by atoms with E-state index in [0.29, 0.717) is 21.5 Å². The molecule has 0 fully saturated rings. The van der Waals surface area contributed by atoms with Crippen LogP contribution in [0.3, 0.4) is 0 Å². The number of hydrogen-bond acceptors (Lipinski definition) is 4. The highest BCUT2D eigenvalue weighted by atomic mass is 35.5. The second kappa shape index (κ2) is 15.0.